The van der Waals surface area contributed by atoms with E-state index in [0.29, 0.717) is 0 Å². The Morgan fingerprint density at radius 1 is 1.73 bits per heavy atom. The Bertz CT molecular complexity index is 327. The zero-order valence-corrected chi connectivity index (χ0v) is 5.44. The molecule has 1 aromatic heterocycles. The van der Waals surface area contributed by atoms with E-state index in [1.807, 2.05) is 0 Å². The van der Waals surface area contributed by atoms with Crippen LogP contribution in [0, 0.1) is 6.57 Å². The minimum atomic E-state index is -1.29. The van der Waals surface area contributed by atoms with Crippen molar-refractivity contribution in [3.63, 3.8) is 0 Å². The average Bonchev–Trinajstić information content (AvgIpc) is 2.05. The Labute approximate surface area is 62.9 Å². The molecular weight excluding hydrogens is 144 g/mol. The lowest BCUT2D eigenvalue weighted by Crippen LogP contribution is -2.21. The molecule has 0 bridgehead atoms. The molecule has 11 heavy (non-hydrogen) atoms. The van der Waals surface area contributed by atoms with Crippen LogP contribution in [0.3, 0.4) is 0 Å². The van der Waals surface area contributed by atoms with Crippen LogP contribution in [0.25, 0.3) is 4.85 Å². The summed E-state index contributed by atoms with van der Waals surface area (Å²) in [6.07, 6.45) is 1.26. The largest absolute Gasteiger partial charge is 0.545 e. The Balaban J connectivity index is 3.13. The van der Waals surface area contributed by atoms with Crippen LogP contribution in [-0.4, -0.2) is 11.0 Å². The van der Waals surface area contributed by atoms with Gasteiger partial charge >= 0.3 is 0 Å². The van der Waals surface area contributed by atoms with E-state index in [9.17, 15) is 9.90 Å². The van der Waals surface area contributed by atoms with E-state index in [1.165, 1.54) is 18.3 Å². The fraction of sp³-hybridized carbons (Fsp3) is 0. The highest BCUT2D eigenvalue weighted by Crippen LogP contribution is 2.08. The zero-order chi connectivity index (χ0) is 8.27. The molecule has 0 fully saturated rings. The van der Waals surface area contributed by atoms with Crippen LogP contribution >= 0.6 is 0 Å². The second-order valence-corrected chi connectivity index (χ2v) is 1.80. The Morgan fingerprint density at radius 2 is 2.45 bits per heavy atom. The maximum absolute atomic E-state index is 10.2. The summed E-state index contributed by atoms with van der Waals surface area (Å²) in [7, 11) is 0. The third kappa shape index (κ3) is 1.52. The number of hydrogen-bond acceptors (Lipinski definition) is 3. The number of carbonyl (C=O) groups is 1. The molecule has 0 saturated carbocycles. The maximum Gasteiger partial charge on any atom is 0.270 e. The van der Waals surface area contributed by atoms with E-state index in [-0.39, 0.29) is 11.4 Å². The minimum Gasteiger partial charge on any atom is -0.545 e. The third-order valence-electron chi connectivity index (χ3n) is 1.10. The summed E-state index contributed by atoms with van der Waals surface area (Å²) >= 11 is 0. The maximum atomic E-state index is 10.2. The lowest BCUT2D eigenvalue weighted by molar-refractivity contribution is -0.255. The zero-order valence-electron chi connectivity index (χ0n) is 5.44. The molecule has 4 heteroatoms. The van der Waals surface area contributed by atoms with Crippen molar-refractivity contribution in [3.8, 4) is 0 Å². The number of hydrogen-bond donors (Lipinski definition) is 0. The molecule has 0 spiro atoms. The SMILES string of the molecule is [C-]#[N+]c1cc(C(=O)[O-])ccn1. The van der Waals surface area contributed by atoms with Crippen molar-refractivity contribution < 1.29 is 9.90 Å². The molecule has 0 unspecified atom stereocenters. The van der Waals surface area contributed by atoms with Crippen LogP contribution in [-0.2, 0) is 0 Å². The molecule has 1 heterocycles. The van der Waals surface area contributed by atoms with Crippen molar-refractivity contribution in [2.24, 2.45) is 0 Å². The van der Waals surface area contributed by atoms with Crippen LogP contribution in [0.5, 0.6) is 0 Å². The first kappa shape index (κ1) is 7.22. The van der Waals surface area contributed by atoms with E-state index >= 15 is 0 Å². The standard InChI is InChI=1S/C7H4N2O2/c1-8-6-4-5(7(10)11)2-3-9-6/h2-4H,(H,10,11)/p-1. The smallest absolute Gasteiger partial charge is 0.270 e. The van der Waals surface area contributed by atoms with Gasteiger partial charge < -0.3 is 14.7 Å². The number of carboxylic acid groups (broad SMARTS) is 1. The first-order valence-corrected chi connectivity index (χ1v) is 2.79. The van der Waals surface area contributed by atoms with Gasteiger partial charge in [-0.15, -0.1) is 4.98 Å². The minimum absolute atomic E-state index is 0.0222. The summed E-state index contributed by atoms with van der Waals surface area (Å²) in [5, 5.41) is 10.2. The van der Waals surface area contributed by atoms with Crippen molar-refractivity contribution in [3.05, 3.63) is 35.3 Å². The molecule has 1 rings (SSSR count). The van der Waals surface area contributed by atoms with Gasteiger partial charge in [0, 0.05) is 0 Å². The molecule has 0 radical (unpaired) electrons. The third-order valence-corrected chi connectivity index (χ3v) is 1.10. The molecule has 0 aromatic carbocycles. The molecule has 0 aliphatic rings. The number of aromatic nitrogens is 1. The molecule has 4 nitrogen and oxygen atoms in total. The van der Waals surface area contributed by atoms with Gasteiger partial charge in [0.2, 0.25) is 0 Å². The normalized spacial score (nSPS) is 8.64. The number of carboxylic acids is 1. The lowest BCUT2D eigenvalue weighted by atomic mass is 10.3. The number of carbonyl (C=O) groups excluding carboxylic acids is 1. The molecule has 0 N–H and O–H groups in total. The van der Waals surface area contributed by atoms with E-state index < -0.39 is 5.97 Å². The summed E-state index contributed by atoms with van der Waals surface area (Å²) in [5.74, 6) is -1.23. The Kier molecular flexibility index (Phi) is 1.83. The van der Waals surface area contributed by atoms with Crippen LogP contribution in [0.2, 0.25) is 0 Å². The van der Waals surface area contributed by atoms with Crippen molar-refractivity contribution in [1.82, 2.24) is 4.98 Å². The molecule has 54 valence electrons. The highest BCUT2D eigenvalue weighted by atomic mass is 16.4. The number of rotatable bonds is 1. The van der Waals surface area contributed by atoms with E-state index in [2.05, 4.69) is 9.83 Å². The Hall–Kier alpha value is -1.89. The monoisotopic (exact) mass is 147 g/mol. The highest BCUT2D eigenvalue weighted by Gasteiger charge is 1.95. The van der Waals surface area contributed by atoms with Crippen LogP contribution < -0.4 is 5.11 Å². The van der Waals surface area contributed by atoms with E-state index in [0.717, 1.165) is 0 Å². The van der Waals surface area contributed by atoms with Crippen molar-refractivity contribution in [2.75, 3.05) is 0 Å². The predicted octanol–water partition coefficient (Wildman–Crippen LogP) is -0.00411. The highest BCUT2D eigenvalue weighted by molar-refractivity contribution is 5.86. The van der Waals surface area contributed by atoms with Crippen LogP contribution in [0.15, 0.2) is 18.3 Å². The average molecular weight is 147 g/mol. The number of pyridine rings is 1. The second-order valence-electron chi connectivity index (χ2n) is 1.80. The van der Waals surface area contributed by atoms with Gasteiger partial charge in [-0.05, 0) is 17.7 Å². The van der Waals surface area contributed by atoms with Gasteiger partial charge in [-0.2, -0.15) is 0 Å². The first-order chi connectivity index (χ1) is 5.24. The fourth-order valence-corrected chi connectivity index (χ4v) is 0.607. The van der Waals surface area contributed by atoms with Gasteiger partial charge in [0.1, 0.15) is 6.20 Å². The van der Waals surface area contributed by atoms with Gasteiger partial charge in [0.25, 0.3) is 5.82 Å². The predicted molar refractivity (Wildman–Crippen MR) is 34.8 cm³/mol. The molecular formula is C7H3N2O2-. The van der Waals surface area contributed by atoms with Gasteiger partial charge in [-0.3, -0.25) is 0 Å². The lowest BCUT2D eigenvalue weighted by Gasteiger charge is -1.98. The van der Waals surface area contributed by atoms with Crippen molar-refractivity contribution in [1.29, 1.82) is 0 Å². The molecule has 0 amide bonds. The first-order valence-electron chi connectivity index (χ1n) is 2.79. The summed E-state index contributed by atoms with van der Waals surface area (Å²) < 4.78 is 0. The van der Waals surface area contributed by atoms with Crippen LogP contribution in [0.4, 0.5) is 5.82 Å². The summed E-state index contributed by atoms with van der Waals surface area (Å²) in [6.45, 7) is 6.53. The Morgan fingerprint density at radius 3 is 3.00 bits per heavy atom. The van der Waals surface area contributed by atoms with Gasteiger partial charge in [-0.25, -0.2) is 0 Å². The van der Waals surface area contributed by atoms with Gasteiger partial charge in [0.15, 0.2) is 0 Å². The van der Waals surface area contributed by atoms with Crippen molar-refractivity contribution in [2.45, 2.75) is 0 Å². The topological polar surface area (TPSA) is 57.4 Å². The number of nitrogens with zero attached hydrogens (tertiary/aromatic N) is 2. The summed E-state index contributed by atoms with van der Waals surface area (Å²) in [5.41, 5.74) is -0.0222. The molecule has 0 aliphatic heterocycles. The van der Waals surface area contributed by atoms with E-state index in [1.54, 1.807) is 0 Å². The molecule has 0 aliphatic carbocycles. The van der Waals surface area contributed by atoms with Gasteiger partial charge in [-0.1, -0.05) is 6.57 Å². The second kappa shape index (κ2) is 2.80. The van der Waals surface area contributed by atoms with Crippen molar-refractivity contribution >= 4 is 11.8 Å². The summed E-state index contributed by atoms with van der Waals surface area (Å²) in [4.78, 5) is 16.8. The van der Waals surface area contributed by atoms with Gasteiger partial charge in [0.05, 0.1) is 5.97 Å². The van der Waals surface area contributed by atoms with E-state index in [4.69, 9.17) is 6.57 Å². The quantitative estimate of drug-likeness (QED) is 0.525. The molecule has 0 atom stereocenters. The fourth-order valence-electron chi connectivity index (χ4n) is 0.607. The van der Waals surface area contributed by atoms with Crippen LogP contribution in [0.1, 0.15) is 10.4 Å². The molecule has 1 aromatic rings. The summed E-state index contributed by atoms with van der Waals surface area (Å²) in [6, 6.07) is 2.45. The molecule has 0 saturated heterocycles. The number of aromatic carboxylic acids is 1.